The molecule has 1 saturated carbocycles. The van der Waals surface area contributed by atoms with Gasteiger partial charge in [-0.05, 0) is 53.1 Å². The molecule has 3 rings (SSSR count). The molecule has 1 heterocycles. The number of sulfone groups is 1. The first kappa shape index (κ1) is 40.0. The third-order valence-electron chi connectivity index (χ3n) is 10.4. The Bertz CT molecular complexity index is 1490. The number of nitrogens with two attached hydrogens (primary N) is 1. The van der Waals surface area contributed by atoms with Gasteiger partial charge in [0.25, 0.3) is 5.91 Å². The summed E-state index contributed by atoms with van der Waals surface area (Å²) in [7, 11) is -3.76. The van der Waals surface area contributed by atoms with E-state index in [0.717, 1.165) is 19.3 Å². The van der Waals surface area contributed by atoms with Crippen LogP contribution in [0, 0.1) is 28.1 Å². The van der Waals surface area contributed by atoms with E-state index in [2.05, 4.69) is 16.0 Å². The Morgan fingerprint density at radius 2 is 1.53 bits per heavy atom. The zero-order chi connectivity index (χ0) is 37.1. The van der Waals surface area contributed by atoms with E-state index in [0.29, 0.717) is 12.8 Å². The Balaban J connectivity index is 1.87. The van der Waals surface area contributed by atoms with Gasteiger partial charge in [-0.15, -0.1) is 0 Å². The summed E-state index contributed by atoms with van der Waals surface area (Å²) in [6, 6.07) is 3.34. The summed E-state index contributed by atoms with van der Waals surface area (Å²) in [6.07, 6.45) is 3.40. The number of carbonyl (C=O) groups is 5. The van der Waals surface area contributed by atoms with Crippen molar-refractivity contribution in [1.82, 2.24) is 20.9 Å². The minimum atomic E-state index is -3.76. The van der Waals surface area contributed by atoms with Crippen molar-refractivity contribution in [3.05, 3.63) is 30.3 Å². The normalized spacial score (nSPS) is 21.8. The van der Waals surface area contributed by atoms with Gasteiger partial charge >= 0.3 is 6.03 Å². The van der Waals surface area contributed by atoms with E-state index in [1.807, 2.05) is 41.5 Å². The third kappa shape index (κ3) is 10.3. The summed E-state index contributed by atoms with van der Waals surface area (Å²) in [5.41, 5.74) is 3.52. The molecule has 0 bridgehead atoms. The zero-order valence-corrected chi connectivity index (χ0v) is 31.4. The first-order valence-corrected chi connectivity index (χ1v) is 18.9. The number of nitrogens with zero attached hydrogens (tertiary/aromatic N) is 1. The number of urea groups is 1. The molecule has 1 aromatic carbocycles. The number of carbonyl (C=O) groups excluding carboxylic acids is 5. The van der Waals surface area contributed by atoms with Crippen LogP contribution in [-0.2, 0) is 29.0 Å². The lowest BCUT2D eigenvalue weighted by Crippen LogP contribution is -2.65. The summed E-state index contributed by atoms with van der Waals surface area (Å²) >= 11 is 0. The molecule has 3 unspecified atom stereocenters. The molecule has 49 heavy (non-hydrogen) atoms. The molecule has 1 saturated heterocycles. The molecule has 2 aliphatic rings. The van der Waals surface area contributed by atoms with E-state index in [-0.39, 0.29) is 34.4 Å². The zero-order valence-electron chi connectivity index (χ0n) is 30.6. The first-order chi connectivity index (χ1) is 22.4. The predicted octanol–water partition coefficient (Wildman–Crippen LogP) is 3.58. The molecular weight excluding hydrogens is 646 g/mol. The predicted molar refractivity (Wildman–Crippen MR) is 188 cm³/mol. The van der Waals surface area contributed by atoms with Crippen LogP contribution in [0.15, 0.2) is 35.2 Å². The molecule has 0 aromatic heterocycles. The van der Waals surface area contributed by atoms with Crippen LogP contribution in [0.25, 0.3) is 0 Å². The standard InChI is InChI=1S/C36H57N5O7S/c1-22-20-41(26(19-36(22,8)9)31(44)38-25(28(42)30(37)43)18-23-14-13-15-23)32(45)29(35(5,6)7)40-33(46)39-27(34(2,3)4)21-49(47,48)24-16-11-10-12-17-24/h10-12,16-17,22-23,25-27,29H,13-15,18-21H2,1-9H3,(H2,37,43)(H,38,44)(H2,39,40,46)/t22?,25?,26-,27?,29+/m0/s1. The SMILES string of the molecule is CC1CN(C(=O)[C@@H](NC(=O)NC(CS(=O)(=O)c2ccccc2)C(C)(C)C)C(C)(C)C)[C@H](C(=O)NC(CC2CCC2)C(=O)C(N)=O)CC1(C)C. The number of nitrogens with one attached hydrogen (secondary N) is 3. The second-order valence-electron chi connectivity index (χ2n) is 16.9. The van der Waals surface area contributed by atoms with Crippen LogP contribution in [0.3, 0.4) is 0 Å². The van der Waals surface area contributed by atoms with Gasteiger partial charge in [-0.3, -0.25) is 19.2 Å². The largest absolute Gasteiger partial charge is 0.363 e. The number of primary amides is 1. The van der Waals surface area contributed by atoms with Gasteiger partial charge in [-0.1, -0.05) is 99.8 Å². The fourth-order valence-corrected chi connectivity index (χ4v) is 8.07. The summed E-state index contributed by atoms with van der Waals surface area (Å²) in [6.45, 7) is 17.1. The van der Waals surface area contributed by atoms with E-state index in [9.17, 15) is 32.4 Å². The fraction of sp³-hybridized carbons (Fsp3) is 0.694. The molecule has 12 nitrogen and oxygen atoms in total. The maximum Gasteiger partial charge on any atom is 0.315 e. The Morgan fingerprint density at radius 3 is 2.02 bits per heavy atom. The number of likely N-dealkylation sites (tertiary alicyclic amines) is 1. The first-order valence-electron chi connectivity index (χ1n) is 17.2. The Hall–Kier alpha value is -3.48. The van der Waals surface area contributed by atoms with Gasteiger partial charge in [0, 0.05) is 12.6 Å². The molecule has 0 spiro atoms. The monoisotopic (exact) mass is 703 g/mol. The smallest absolute Gasteiger partial charge is 0.315 e. The van der Waals surface area contributed by atoms with E-state index in [1.54, 1.807) is 39.0 Å². The number of ketones is 1. The lowest BCUT2D eigenvalue weighted by molar-refractivity contribution is -0.151. The van der Waals surface area contributed by atoms with Crippen molar-refractivity contribution in [2.24, 2.45) is 33.8 Å². The highest BCUT2D eigenvalue weighted by atomic mass is 32.2. The molecule has 5 atom stereocenters. The number of hydrogen-bond acceptors (Lipinski definition) is 7. The molecular formula is C36H57N5O7S. The quantitative estimate of drug-likeness (QED) is 0.240. The maximum absolute atomic E-state index is 14.5. The van der Waals surface area contributed by atoms with Crippen LogP contribution in [-0.4, -0.2) is 79.3 Å². The lowest BCUT2D eigenvalue weighted by Gasteiger charge is -2.49. The van der Waals surface area contributed by atoms with E-state index < -0.39 is 74.4 Å². The van der Waals surface area contributed by atoms with Gasteiger partial charge in [0.05, 0.1) is 16.7 Å². The van der Waals surface area contributed by atoms with Gasteiger partial charge in [-0.25, -0.2) is 13.2 Å². The van der Waals surface area contributed by atoms with Crippen molar-refractivity contribution >= 4 is 39.4 Å². The second-order valence-corrected chi connectivity index (χ2v) is 18.9. The summed E-state index contributed by atoms with van der Waals surface area (Å²) in [4.78, 5) is 68.3. The maximum atomic E-state index is 14.5. The van der Waals surface area contributed by atoms with E-state index in [1.165, 1.54) is 17.0 Å². The Kier molecular flexibility index (Phi) is 12.4. The number of hydrogen-bond donors (Lipinski definition) is 4. The van der Waals surface area contributed by atoms with Gasteiger partial charge in [0.2, 0.25) is 17.6 Å². The van der Waals surface area contributed by atoms with Crippen molar-refractivity contribution in [2.75, 3.05) is 12.3 Å². The highest BCUT2D eigenvalue weighted by molar-refractivity contribution is 7.91. The molecule has 1 aromatic rings. The highest BCUT2D eigenvalue weighted by Gasteiger charge is 2.48. The molecule has 1 aliphatic carbocycles. The van der Waals surface area contributed by atoms with Gasteiger partial charge in [0.1, 0.15) is 12.1 Å². The van der Waals surface area contributed by atoms with Crippen molar-refractivity contribution in [3.8, 4) is 0 Å². The minimum absolute atomic E-state index is 0.0126. The third-order valence-corrected chi connectivity index (χ3v) is 12.1. The molecule has 5 N–H and O–H groups in total. The lowest BCUT2D eigenvalue weighted by atomic mass is 9.71. The highest BCUT2D eigenvalue weighted by Crippen LogP contribution is 2.40. The Morgan fingerprint density at radius 1 is 0.939 bits per heavy atom. The van der Waals surface area contributed by atoms with Gasteiger partial charge in [0.15, 0.2) is 9.84 Å². The van der Waals surface area contributed by atoms with Gasteiger partial charge < -0.3 is 26.6 Å². The van der Waals surface area contributed by atoms with E-state index >= 15 is 0 Å². The van der Waals surface area contributed by atoms with Crippen LogP contribution in [0.2, 0.25) is 0 Å². The van der Waals surface area contributed by atoms with Crippen LogP contribution in [0.5, 0.6) is 0 Å². The van der Waals surface area contributed by atoms with Gasteiger partial charge in [-0.2, -0.15) is 0 Å². The molecule has 0 radical (unpaired) electrons. The molecule has 2 fully saturated rings. The molecule has 13 heteroatoms. The number of piperidine rings is 1. The summed E-state index contributed by atoms with van der Waals surface area (Å²) in [5, 5.41) is 8.39. The average Bonchev–Trinajstić information content (AvgIpc) is 2.96. The minimum Gasteiger partial charge on any atom is -0.363 e. The molecule has 274 valence electrons. The fourth-order valence-electron chi connectivity index (χ4n) is 6.29. The average molecular weight is 704 g/mol. The number of benzene rings is 1. The second kappa shape index (κ2) is 15.2. The number of Topliss-reactive ketones (excluding diaryl/α,β-unsaturated/α-hetero) is 1. The molecule has 1 aliphatic heterocycles. The van der Waals surface area contributed by atoms with Crippen LogP contribution >= 0.6 is 0 Å². The summed E-state index contributed by atoms with van der Waals surface area (Å²) < 4.78 is 26.5. The van der Waals surface area contributed by atoms with Crippen molar-refractivity contribution in [3.63, 3.8) is 0 Å². The van der Waals surface area contributed by atoms with Crippen molar-refractivity contribution in [2.45, 2.75) is 123 Å². The van der Waals surface area contributed by atoms with E-state index in [4.69, 9.17) is 5.73 Å². The van der Waals surface area contributed by atoms with Crippen LogP contribution in [0.4, 0.5) is 4.79 Å². The Labute approximate surface area is 292 Å². The summed E-state index contributed by atoms with van der Waals surface area (Å²) in [5.74, 6) is -3.19. The molecule has 5 amide bonds. The number of rotatable bonds is 12. The van der Waals surface area contributed by atoms with Crippen LogP contribution in [0.1, 0.15) is 94.4 Å². The van der Waals surface area contributed by atoms with Crippen LogP contribution < -0.4 is 21.7 Å². The van der Waals surface area contributed by atoms with Crippen molar-refractivity contribution < 1.29 is 32.4 Å². The number of amides is 5. The van der Waals surface area contributed by atoms with Crippen molar-refractivity contribution in [1.29, 1.82) is 0 Å². The topological polar surface area (TPSA) is 185 Å².